The maximum atomic E-state index is 5.40. The molecule has 1 aliphatic rings. The molecule has 2 N–H and O–H groups in total. The van der Waals surface area contributed by atoms with Crippen LogP contribution < -0.4 is 10.6 Å². The molecule has 12 heavy (non-hydrogen) atoms. The van der Waals surface area contributed by atoms with E-state index in [1.807, 2.05) is 0 Å². The Morgan fingerprint density at radius 3 is 2.83 bits per heavy atom. The van der Waals surface area contributed by atoms with Crippen molar-refractivity contribution in [3.63, 3.8) is 0 Å². The molecule has 0 aliphatic carbocycles. The fourth-order valence-electron chi connectivity index (χ4n) is 1.71. The van der Waals surface area contributed by atoms with E-state index in [9.17, 15) is 0 Å². The Kier molecular flexibility index (Phi) is 3.98. The molecule has 0 aromatic heterocycles. The average Bonchev–Trinajstić information content (AvgIpc) is 2.04. The van der Waals surface area contributed by atoms with Crippen LogP contribution in [0.3, 0.4) is 0 Å². The maximum Gasteiger partial charge on any atom is 0.0748 e. The second-order valence-corrected chi connectivity index (χ2v) is 3.69. The SMILES string of the molecule is CO[C@H]1CCNC[C@@H]1NC(C)C. The molecule has 1 saturated heterocycles. The van der Waals surface area contributed by atoms with Gasteiger partial charge in [-0.3, -0.25) is 0 Å². The smallest absolute Gasteiger partial charge is 0.0748 e. The molecule has 0 aromatic rings. The number of hydrogen-bond donors (Lipinski definition) is 2. The fourth-order valence-corrected chi connectivity index (χ4v) is 1.71. The van der Waals surface area contributed by atoms with Gasteiger partial charge in [-0.15, -0.1) is 0 Å². The molecule has 72 valence electrons. The molecule has 1 aliphatic heterocycles. The van der Waals surface area contributed by atoms with E-state index in [0.717, 1.165) is 19.5 Å². The summed E-state index contributed by atoms with van der Waals surface area (Å²) in [5.74, 6) is 0. The Labute approximate surface area is 74.9 Å². The first-order chi connectivity index (χ1) is 5.74. The van der Waals surface area contributed by atoms with Crippen molar-refractivity contribution in [1.29, 1.82) is 0 Å². The second kappa shape index (κ2) is 4.80. The topological polar surface area (TPSA) is 33.3 Å². The van der Waals surface area contributed by atoms with E-state index in [0.29, 0.717) is 18.2 Å². The van der Waals surface area contributed by atoms with Crippen molar-refractivity contribution < 1.29 is 4.74 Å². The summed E-state index contributed by atoms with van der Waals surface area (Å²) in [4.78, 5) is 0. The molecule has 1 fully saturated rings. The summed E-state index contributed by atoms with van der Waals surface area (Å²) in [6, 6.07) is 1.01. The van der Waals surface area contributed by atoms with Crippen LogP contribution in [0.5, 0.6) is 0 Å². The molecule has 1 heterocycles. The van der Waals surface area contributed by atoms with Crippen LogP contribution >= 0.6 is 0 Å². The third-order valence-electron chi connectivity index (χ3n) is 2.27. The summed E-state index contributed by atoms with van der Waals surface area (Å²) < 4.78 is 5.40. The van der Waals surface area contributed by atoms with Gasteiger partial charge in [0.2, 0.25) is 0 Å². The van der Waals surface area contributed by atoms with Crippen LogP contribution in [-0.2, 0) is 4.74 Å². The van der Waals surface area contributed by atoms with Crippen LogP contribution in [0.15, 0.2) is 0 Å². The van der Waals surface area contributed by atoms with Crippen LogP contribution in [0.2, 0.25) is 0 Å². The minimum Gasteiger partial charge on any atom is -0.380 e. The lowest BCUT2D eigenvalue weighted by molar-refractivity contribution is 0.0456. The summed E-state index contributed by atoms with van der Waals surface area (Å²) in [5, 5.41) is 6.86. The van der Waals surface area contributed by atoms with Gasteiger partial charge in [-0.2, -0.15) is 0 Å². The van der Waals surface area contributed by atoms with Crippen LogP contribution in [0.4, 0.5) is 0 Å². The zero-order chi connectivity index (χ0) is 8.97. The molecule has 0 aromatic carbocycles. The predicted molar refractivity (Wildman–Crippen MR) is 50.3 cm³/mol. The zero-order valence-electron chi connectivity index (χ0n) is 8.26. The molecule has 0 saturated carbocycles. The van der Waals surface area contributed by atoms with Crippen molar-refractivity contribution in [2.45, 2.75) is 38.5 Å². The second-order valence-electron chi connectivity index (χ2n) is 3.69. The van der Waals surface area contributed by atoms with Gasteiger partial charge in [0.1, 0.15) is 0 Å². The van der Waals surface area contributed by atoms with Crippen LogP contribution in [0.25, 0.3) is 0 Å². The third kappa shape index (κ3) is 2.73. The summed E-state index contributed by atoms with van der Waals surface area (Å²) in [6.45, 7) is 6.44. The first-order valence-corrected chi connectivity index (χ1v) is 4.73. The molecular formula is C9H20N2O. The highest BCUT2D eigenvalue weighted by Crippen LogP contribution is 2.07. The Bertz CT molecular complexity index is 128. The lowest BCUT2D eigenvalue weighted by atomic mass is 10.0. The maximum absolute atomic E-state index is 5.40. The number of rotatable bonds is 3. The average molecular weight is 172 g/mol. The zero-order valence-corrected chi connectivity index (χ0v) is 8.26. The van der Waals surface area contributed by atoms with Gasteiger partial charge >= 0.3 is 0 Å². The van der Waals surface area contributed by atoms with E-state index in [1.54, 1.807) is 7.11 Å². The Hall–Kier alpha value is -0.120. The highest BCUT2D eigenvalue weighted by molar-refractivity contribution is 4.85. The van der Waals surface area contributed by atoms with Crippen LogP contribution in [0.1, 0.15) is 20.3 Å². The van der Waals surface area contributed by atoms with E-state index in [2.05, 4.69) is 24.5 Å². The Balaban J connectivity index is 2.36. The fraction of sp³-hybridized carbons (Fsp3) is 1.00. The first-order valence-electron chi connectivity index (χ1n) is 4.73. The lowest BCUT2D eigenvalue weighted by Crippen LogP contribution is -2.54. The van der Waals surface area contributed by atoms with Crippen LogP contribution in [0, 0.1) is 0 Å². The number of hydrogen-bond acceptors (Lipinski definition) is 3. The summed E-state index contributed by atoms with van der Waals surface area (Å²) in [6.07, 6.45) is 1.50. The van der Waals surface area contributed by atoms with Gasteiger partial charge < -0.3 is 15.4 Å². The molecule has 3 nitrogen and oxygen atoms in total. The van der Waals surface area contributed by atoms with E-state index in [-0.39, 0.29) is 0 Å². The summed E-state index contributed by atoms with van der Waals surface area (Å²) >= 11 is 0. The molecular weight excluding hydrogens is 152 g/mol. The van der Waals surface area contributed by atoms with Crippen LogP contribution in [-0.4, -0.2) is 38.4 Å². The molecule has 0 amide bonds. The monoisotopic (exact) mass is 172 g/mol. The van der Waals surface area contributed by atoms with Gasteiger partial charge in [-0.25, -0.2) is 0 Å². The number of methoxy groups -OCH3 is 1. The number of nitrogens with one attached hydrogen (secondary N) is 2. The summed E-state index contributed by atoms with van der Waals surface area (Å²) in [5.41, 5.74) is 0. The van der Waals surface area contributed by atoms with Gasteiger partial charge in [0.25, 0.3) is 0 Å². The first kappa shape index (κ1) is 9.96. The Morgan fingerprint density at radius 2 is 2.25 bits per heavy atom. The van der Waals surface area contributed by atoms with Gasteiger partial charge in [-0.05, 0) is 13.0 Å². The van der Waals surface area contributed by atoms with Crippen molar-refractivity contribution >= 4 is 0 Å². The van der Waals surface area contributed by atoms with Gasteiger partial charge in [0.15, 0.2) is 0 Å². The standard InChI is InChI=1S/C9H20N2O/c1-7(2)11-8-6-10-5-4-9(8)12-3/h7-11H,4-6H2,1-3H3/t8-,9-/m0/s1. The van der Waals surface area contributed by atoms with Crippen molar-refractivity contribution in [2.24, 2.45) is 0 Å². The van der Waals surface area contributed by atoms with E-state index >= 15 is 0 Å². The van der Waals surface area contributed by atoms with E-state index in [1.165, 1.54) is 0 Å². The van der Waals surface area contributed by atoms with Crippen molar-refractivity contribution in [3.05, 3.63) is 0 Å². The van der Waals surface area contributed by atoms with Crippen molar-refractivity contribution in [3.8, 4) is 0 Å². The van der Waals surface area contributed by atoms with Gasteiger partial charge in [-0.1, -0.05) is 13.8 Å². The van der Waals surface area contributed by atoms with Gasteiger partial charge in [0.05, 0.1) is 6.10 Å². The molecule has 0 unspecified atom stereocenters. The lowest BCUT2D eigenvalue weighted by Gasteiger charge is -2.33. The van der Waals surface area contributed by atoms with Gasteiger partial charge in [0, 0.05) is 25.7 Å². The molecule has 1 rings (SSSR count). The highest BCUT2D eigenvalue weighted by atomic mass is 16.5. The summed E-state index contributed by atoms with van der Waals surface area (Å²) in [7, 11) is 1.80. The number of ether oxygens (including phenoxy) is 1. The van der Waals surface area contributed by atoms with E-state index < -0.39 is 0 Å². The third-order valence-corrected chi connectivity index (χ3v) is 2.27. The van der Waals surface area contributed by atoms with Crippen molar-refractivity contribution in [2.75, 3.05) is 20.2 Å². The van der Waals surface area contributed by atoms with E-state index in [4.69, 9.17) is 4.74 Å². The molecule has 0 bridgehead atoms. The molecule has 0 radical (unpaired) electrons. The quantitative estimate of drug-likeness (QED) is 0.645. The largest absolute Gasteiger partial charge is 0.380 e. The normalized spacial score (nSPS) is 31.0. The minimum absolute atomic E-state index is 0.383. The highest BCUT2D eigenvalue weighted by Gasteiger charge is 2.24. The molecule has 3 heteroatoms. The minimum atomic E-state index is 0.383. The molecule has 2 atom stereocenters. The van der Waals surface area contributed by atoms with Crippen molar-refractivity contribution in [1.82, 2.24) is 10.6 Å². The predicted octanol–water partition coefficient (Wildman–Crippen LogP) is 0.361. The molecule has 0 spiro atoms. The Morgan fingerprint density at radius 1 is 1.50 bits per heavy atom. The number of piperidine rings is 1.